The highest BCUT2D eigenvalue weighted by Gasteiger charge is 2.23. The van der Waals surface area contributed by atoms with Gasteiger partial charge in [-0.25, -0.2) is 4.98 Å². The van der Waals surface area contributed by atoms with Crippen LogP contribution >= 0.6 is 0 Å². The van der Waals surface area contributed by atoms with E-state index < -0.39 is 0 Å². The minimum absolute atomic E-state index is 0.529. The summed E-state index contributed by atoms with van der Waals surface area (Å²) in [6.45, 7) is 0. The topological polar surface area (TPSA) is 69.9 Å². The Labute approximate surface area is 348 Å². The van der Waals surface area contributed by atoms with Crippen molar-refractivity contribution in [1.29, 1.82) is 0 Å². The molecule has 0 bridgehead atoms. The van der Waals surface area contributed by atoms with Crippen molar-refractivity contribution >= 4 is 76.5 Å². The second-order valence-corrected chi connectivity index (χ2v) is 15.6. The molecule has 0 aliphatic heterocycles. The van der Waals surface area contributed by atoms with Gasteiger partial charge in [-0.05, 0) is 82.1 Å². The molecular formula is C55H32N4O2. The van der Waals surface area contributed by atoms with Crippen LogP contribution in [-0.2, 0) is 0 Å². The first-order valence-corrected chi connectivity index (χ1v) is 20.4. The van der Waals surface area contributed by atoms with Crippen molar-refractivity contribution in [1.82, 2.24) is 19.5 Å². The Hall–Kier alpha value is -8.35. The summed E-state index contributed by atoms with van der Waals surface area (Å²) in [5, 5.41) is 8.71. The Morgan fingerprint density at radius 1 is 0.344 bits per heavy atom. The molecule has 0 radical (unpaired) electrons. The van der Waals surface area contributed by atoms with Gasteiger partial charge in [-0.15, -0.1) is 0 Å². The van der Waals surface area contributed by atoms with Crippen LogP contribution in [0.5, 0.6) is 0 Å². The minimum Gasteiger partial charge on any atom is -0.456 e. The molecule has 6 heteroatoms. The van der Waals surface area contributed by atoms with Crippen LogP contribution < -0.4 is 0 Å². The zero-order valence-electron chi connectivity index (χ0n) is 32.6. The van der Waals surface area contributed by atoms with Crippen LogP contribution in [0.25, 0.3) is 127 Å². The Morgan fingerprint density at radius 2 is 0.951 bits per heavy atom. The quantitative estimate of drug-likeness (QED) is 0.174. The largest absolute Gasteiger partial charge is 0.456 e. The van der Waals surface area contributed by atoms with E-state index in [2.05, 4.69) is 150 Å². The van der Waals surface area contributed by atoms with Crippen molar-refractivity contribution in [2.75, 3.05) is 0 Å². The van der Waals surface area contributed by atoms with Gasteiger partial charge in [0.1, 0.15) is 22.3 Å². The second kappa shape index (κ2) is 13.1. The third-order valence-electron chi connectivity index (χ3n) is 12.0. The van der Waals surface area contributed by atoms with E-state index in [1.807, 2.05) is 48.5 Å². The van der Waals surface area contributed by atoms with E-state index >= 15 is 0 Å². The molecule has 0 amide bonds. The van der Waals surface area contributed by atoms with Gasteiger partial charge in [0.05, 0.1) is 11.0 Å². The fourth-order valence-electron chi connectivity index (χ4n) is 9.22. The first-order chi connectivity index (χ1) is 30.2. The van der Waals surface area contributed by atoms with Crippen molar-refractivity contribution in [3.05, 3.63) is 194 Å². The van der Waals surface area contributed by atoms with Crippen LogP contribution in [0.2, 0.25) is 0 Å². The summed E-state index contributed by atoms with van der Waals surface area (Å²) in [5.41, 5.74) is 11.5. The standard InChI is InChI=1S/C55H32N4O2/c1-3-13-33(14-4-1)37-25-27-48-45(30-37)51-40(20-12-24-49(51)60-48)42-22-11-21-41-39-19-9-10-23-46(39)59(52(41)42)55-57-53(34-15-5-2-6-16-34)56-54(58-55)38-26-28-47-43(31-38)44-29-35-17-7-8-18-36(35)32-50(44)61-47/h1-32H. The van der Waals surface area contributed by atoms with Crippen LogP contribution in [0.4, 0.5) is 0 Å². The van der Waals surface area contributed by atoms with Gasteiger partial charge in [0.2, 0.25) is 5.95 Å². The maximum absolute atomic E-state index is 6.55. The highest BCUT2D eigenvalue weighted by Crippen LogP contribution is 2.44. The molecule has 13 rings (SSSR count). The number of hydrogen-bond donors (Lipinski definition) is 0. The van der Waals surface area contributed by atoms with E-state index in [1.54, 1.807) is 0 Å². The molecule has 0 aliphatic rings. The first-order valence-electron chi connectivity index (χ1n) is 20.4. The summed E-state index contributed by atoms with van der Waals surface area (Å²) >= 11 is 0. The van der Waals surface area contributed by atoms with Gasteiger partial charge in [0, 0.05) is 49.0 Å². The maximum atomic E-state index is 6.55. The molecule has 6 nitrogen and oxygen atoms in total. The van der Waals surface area contributed by atoms with Gasteiger partial charge in [0.25, 0.3) is 0 Å². The van der Waals surface area contributed by atoms with Gasteiger partial charge in [-0.2, -0.15) is 9.97 Å². The van der Waals surface area contributed by atoms with E-state index in [1.165, 1.54) is 0 Å². The Bertz CT molecular complexity index is 3880. The molecule has 0 unspecified atom stereocenters. The van der Waals surface area contributed by atoms with Crippen LogP contribution in [0.3, 0.4) is 0 Å². The number of fused-ring (bicyclic) bond motifs is 10. The third kappa shape index (κ3) is 5.26. The Morgan fingerprint density at radius 3 is 1.79 bits per heavy atom. The Balaban J connectivity index is 1.08. The van der Waals surface area contributed by atoms with E-state index in [0.717, 1.165) is 110 Å². The van der Waals surface area contributed by atoms with Gasteiger partial charge in [-0.1, -0.05) is 140 Å². The van der Waals surface area contributed by atoms with Gasteiger partial charge >= 0.3 is 0 Å². The van der Waals surface area contributed by atoms with Crippen LogP contribution in [-0.4, -0.2) is 19.5 Å². The lowest BCUT2D eigenvalue weighted by Crippen LogP contribution is -2.07. The molecule has 4 aromatic heterocycles. The lowest BCUT2D eigenvalue weighted by atomic mass is 9.96. The zero-order valence-corrected chi connectivity index (χ0v) is 32.6. The fourth-order valence-corrected chi connectivity index (χ4v) is 9.22. The smallest absolute Gasteiger partial charge is 0.238 e. The van der Waals surface area contributed by atoms with Crippen molar-refractivity contribution < 1.29 is 8.83 Å². The van der Waals surface area contributed by atoms with Crippen LogP contribution in [0, 0.1) is 0 Å². The molecular weight excluding hydrogens is 749 g/mol. The zero-order chi connectivity index (χ0) is 40.0. The van der Waals surface area contributed by atoms with E-state index in [4.69, 9.17) is 23.8 Å². The normalized spacial score (nSPS) is 11.9. The first kappa shape index (κ1) is 33.6. The molecule has 61 heavy (non-hydrogen) atoms. The summed E-state index contributed by atoms with van der Waals surface area (Å²) in [5.74, 6) is 1.69. The van der Waals surface area contributed by atoms with Crippen molar-refractivity contribution in [2.24, 2.45) is 0 Å². The lowest BCUT2D eigenvalue weighted by Gasteiger charge is -2.13. The van der Waals surface area contributed by atoms with E-state index in [9.17, 15) is 0 Å². The summed E-state index contributed by atoms with van der Waals surface area (Å²) < 4.78 is 15.2. The number of hydrogen-bond acceptors (Lipinski definition) is 5. The predicted octanol–water partition coefficient (Wildman–Crippen LogP) is 14.6. The number of para-hydroxylation sites is 2. The maximum Gasteiger partial charge on any atom is 0.238 e. The average molecular weight is 781 g/mol. The fraction of sp³-hybridized carbons (Fsp3) is 0. The van der Waals surface area contributed by atoms with Crippen LogP contribution in [0.1, 0.15) is 0 Å². The SMILES string of the molecule is c1ccc(-c2ccc3oc4cccc(-c5cccc6c7ccccc7n(-c7nc(-c8ccccc8)nc(-c8ccc9oc%10cc%11ccccc%11cc%10c9c8)n7)c56)c4c3c2)cc1. The number of nitrogens with zero attached hydrogens (tertiary/aromatic N) is 4. The molecule has 0 saturated heterocycles. The second-order valence-electron chi connectivity index (χ2n) is 15.6. The number of rotatable bonds is 5. The molecule has 4 heterocycles. The summed E-state index contributed by atoms with van der Waals surface area (Å²) in [4.78, 5) is 15.8. The molecule has 13 aromatic rings. The molecule has 0 aliphatic carbocycles. The molecule has 0 spiro atoms. The van der Waals surface area contributed by atoms with Crippen molar-refractivity contribution in [3.63, 3.8) is 0 Å². The average Bonchev–Trinajstić information content (AvgIpc) is 4.00. The highest BCUT2D eigenvalue weighted by molar-refractivity contribution is 6.19. The predicted molar refractivity (Wildman–Crippen MR) is 248 cm³/mol. The van der Waals surface area contributed by atoms with Gasteiger partial charge in [0.15, 0.2) is 11.6 Å². The number of furan rings is 2. The van der Waals surface area contributed by atoms with Gasteiger partial charge < -0.3 is 8.83 Å². The minimum atomic E-state index is 0.529. The summed E-state index contributed by atoms with van der Waals surface area (Å²) in [6, 6.07) is 67.4. The monoisotopic (exact) mass is 780 g/mol. The van der Waals surface area contributed by atoms with E-state index in [-0.39, 0.29) is 0 Å². The van der Waals surface area contributed by atoms with Gasteiger partial charge in [-0.3, -0.25) is 4.57 Å². The van der Waals surface area contributed by atoms with Crippen molar-refractivity contribution in [2.45, 2.75) is 0 Å². The summed E-state index contributed by atoms with van der Waals surface area (Å²) in [6.07, 6.45) is 0. The molecule has 0 fully saturated rings. The van der Waals surface area contributed by atoms with Crippen molar-refractivity contribution in [3.8, 4) is 51.0 Å². The highest BCUT2D eigenvalue weighted by atomic mass is 16.3. The number of benzene rings is 9. The molecule has 0 N–H and O–H groups in total. The number of aromatic nitrogens is 4. The van der Waals surface area contributed by atoms with Crippen LogP contribution in [0.15, 0.2) is 203 Å². The lowest BCUT2D eigenvalue weighted by molar-refractivity contribution is 0.669. The molecule has 0 saturated carbocycles. The van der Waals surface area contributed by atoms with E-state index in [0.29, 0.717) is 17.6 Å². The summed E-state index contributed by atoms with van der Waals surface area (Å²) in [7, 11) is 0. The molecule has 0 atom stereocenters. The molecule has 284 valence electrons. The molecule has 9 aromatic carbocycles. The third-order valence-corrected chi connectivity index (χ3v) is 12.0. The Kier molecular flexibility index (Phi) is 7.21.